The first kappa shape index (κ1) is 25.3. The fourth-order valence-corrected chi connectivity index (χ4v) is 5.47. The third-order valence-electron chi connectivity index (χ3n) is 7.28. The SMILES string of the molecule is CNc1ccc(C(O)N2CCC(N3Cc4cnc(Nc5cc(C)cc(C)c5)nc4C3)C(F)C2)cc1NN. The maximum atomic E-state index is 15.5. The van der Waals surface area contributed by atoms with Gasteiger partial charge in [0.1, 0.15) is 12.4 Å². The first-order valence-corrected chi connectivity index (χ1v) is 12.6. The van der Waals surface area contributed by atoms with E-state index >= 15 is 4.39 Å². The molecule has 0 bridgehead atoms. The molecule has 6 N–H and O–H groups in total. The Bertz CT molecular complexity index is 1250. The zero-order valence-electron chi connectivity index (χ0n) is 21.5. The van der Waals surface area contributed by atoms with E-state index < -0.39 is 12.4 Å². The largest absolute Gasteiger partial charge is 0.386 e. The van der Waals surface area contributed by atoms with Gasteiger partial charge in [-0.15, -0.1) is 0 Å². The Morgan fingerprint density at radius 2 is 1.89 bits per heavy atom. The number of aliphatic hydroxyl groups is 1. The molecule has 3 atom stereocenters. The number of hydrogen-bond acceptors (Lipinski definition) is 9. The second kappa shape index (κ2) is 10.6. The van der Waals surface area contributed by atoms with Gasteiger partial charge in [0.05, 0.1) is 17.1 Å². The lowest BCUT2D eigenvalue weighted by Crippen LogP contribution is -2.51. The molecule has 1 aromatic heterocycles. The molecule has 2 aliphatic rings. The predicted octanol–water partition coefficient (Wildman–Crippen LogP) is 3.58. The summed E-state index contributed by atoms with van der Waals surface area (Å²) in [6.07, 6.45) is 0.460. The van der Waals surface area contributed by atoms with Crippen LogP contribution in [-0.4, -0.2) is 57.2 Å². The Morgan fingerprint density at radius 3 is 2.59 bits per heavy atom. The molecule has 0 saturated carbocycles. The van der Waals surface area contributed by atoms with Gasteiger partial charge in [0, 0.05) is 56.7 Å². The summed E-state index contributed by atoms with van der Waals surface area (Å²) in [4.78, 5) is 13.2. The molecule has 10 heteroatoms. The van der Waals surface area contributed by atoms with Crippen molar-refractivity contribution < 1.29 is 9.50 Å². The van der Waals surface area contributed by atoms with Gasteiger partial charge >= 0.3 is 0 Å². The van der Waals surface area contributed by atoms with Crippen LogP contribution in [0.15, 0.2) is 42.6 Å². The van der Waals surface area contributed by atoms with Crippen molar-refractivity contribution in [3.8, 4) is 0 Å². The minimum Gasteiger partial charge on any atom is -0.386 e. The lowest BCUT2D eigenvalue weighted by atomic mass is 10.00. The topological polar surface area (TPSA) is 115 Å². The van der Waals surface area contributed by atoms with Crippen LogP contribution in [0.2, 0.25) is 0 Å². The van der Waals surface area contributed by atoms with Crippen molar-refractivity contribution in [2.75, 3.05) is 36.2 Å². The molecule has 3 unspecified atom stereocenters. The predicted molar refractivity (Wildman–Crippen MR) is 144 cm³/mol. The van der Waals surface area contributed by atoms with Gasteiger partial charge in [-0.05, 0) is 61.2 Å². The summed E-state index contributed by atoms with van der Waals surface area (Å²) in [5, 5.41) is 17.3. The second-order valence-electron chi connectivity index (χ2n) is 10.0. The molecule has 196 valence electrons. The van der Waals surface area contributed by atoms with Gasteiger partial charge in [0.15, 0.2) is 0 Å². The van der Waals surface area contributed by atoms with Crippen molar-refractivity contribution in [1.82, 2.24) is 19.8 Å². The van der Waals surface area contributed by atoms with Crippen LogP contribution in [0.1, 0.15) is 40.6 Å². The Labute approximate surface area is 216 Å². The minimum atomic E-state index is -1.10. The number of benzene rings is 2. The number of fused-ring (bicyclic) bond motifs is 1. The molecule has 9 nitrogen and oxygen atoms in total. The van der Waals surface area contributed by atoms with Crippen molar-refractivity contribution >= 4 is 23.0 Å². The van der Waals surface area contributed by atoms with Crippen LogP contribution in [0.4, 0.5) is 27.4 Å². The van der Waals surface area contributed by atoms with Gasteiger partial charge in [0.25, 0.3) is 0 Å². The zero-order chi connectivity index (χ0) is 26.1. The molecule has 1 saturated heterocycles. The lowest BCUT2D eigenvalue weighted by Gasteiger charge is -2.40. The van der Waals surface area contributed by atoms with E-state index in [0.29, 0.717) is 43.3 Å². The van der Waals surface area contributed by atoms with Crippen molar-refractivity contribution in [2.45, 2.75) is 51.8 Å². The van der Waals surface area contributed by atoms with Gasteiger partial charge in [-0.3, -0.25) is 15.6 Å². The Balaban J connectivity index is 1.22. The molecule has 3 heterocycles. The van der Waals surface area contributed by atoms with Crippen LogP contribution in [0.25, 0.3) is 0 Å². The zero-order valence-corrected chi connectivity index (χ0v) is 21.5. The first-order chi connectivity index (χ1) is 17.8. The molecule has 0 aliphatic carbocycles. The Hall–Kier alpha value is -3.31. The highest BCUT2D eigenvalue weighted by Gasteiger charge is 2.38. The number of hydrazine groups is 1. The third-order valence-corrected chi connectivity index (χ3v) is 7.28. The number of alkyl halides is 1. The van der Waals surface area contributed by atoms with Crippen LogP contribution in [0.3, 0.4) is 0 Å². The fourth-order valence-electron chi connectivity index (χ4n) is 5.47. The third kappa shape index (κ3) is 5.37. The van der Waals surface area contributed by atoms with Gasteiger partial charge in [0.2, 0.25) is 5.95 Å². The van der Waals surface area contributed by atoms with Crippen LogP contribution in [-0.2, 0) is 13.1 Å². The summed E-state index contributed by atoms with van der Waals surface area (Å²) in [5.74, 6) is 6.17. The number of nitrogens with zero attached hydrogens (tertiary/aromatic N) is 4. The van der Waals surface area contributed by atoms with E-state index in [1.54, 1.807) is 18.0 Å². The van der Waals surface area contributed by atoms with Crippen LogP contribution in [0, 0.1) is 13.8 Å². The number of rotatable bonds is 7. The van der Waals surface area contributed by atoms with Crippen LogP contribution < -0.4 is 21.9 Å². The highest BCUT2D eigenvalue weighted by molar-refractivity contribution is 5.69. The molecule has 1 fully saturated rings. The maximum absolute atomic E-state index is 15.5. The van der Waals surface area contributed by atoms with Gasteiger partial charge < -0.3 is 21.2 Å². The van der Waals surface area contributed by atoms with E-state index in [1.165, 1.54) is 11.1 Å². The van der Waals surface area contributed by atoms with Crippen molar-refractivity contribution in [2.24, 2.45) is 5.84 Å². The molecule has 0 spiro atoms. The molecule has 37 heavy (non-hydrogen) atoms. The number of likely N-dealkylation sites (tertiary alicyclic amines) is 1. The molecule has 3 aromatic rings. The van der Waals surface area contributed by atoms with Crippen molar-refractivity contribution in [3.63, 3.8) is 0 Å². The normalized spacial score (nSPS) is 20.9. The summed E-state index contributed by atoms with van der Waals surface area (Å²) in [5.41, 5.74) is 10.1. The second-order valence-corrected chi connectivity index (χ2v) is 10.0. The average Bonchev–Trinajstić information content (AvgIpc) is 3.30. The monoisotopic (exact) mass is 506 g/mol. The molecular formula is C27H35FN8O. The van der Waals surface area contributed by atoms with Gasteiger partial charge in [-0.25, -0.2) is 14.4 Å². The number of nitrogens with one attached hydrogen (secondary N) is 3. The van der Waals surface area contributed by atoms with E-state index in [4.69, 9.17) is 10.8 Å². The number of nitrogens with two attached hydrogens (primary N) is 1. The van der Waals surface area contributed by atoms with Gasteiger partial charge in [-0.1, -0.05) is 12.1 Å². The minimum absolute atomic E-state index is 0.156. The van der Waals surface area contributed by atoms with Gasteiger partial charge in [-0.2, -0.15) is 0 Å². The molecule has 2 aliphatic heterocycles. The van der Waals surface area contributed by atoms with Crippen LogP contribution >= 0.6 is 0 Å². The highest BCUT2D eigenvalue weighted by Crippen LogP contribution is 2.33. The summed E-state index contributed by atoms with van der Waals surface area (Å²) >= 11 is 0. The molecular weight excluding hydrogens is 471 g/mol. The smallest absolute Gasteiger partial charge is 0.227 e. The number of piperidine rings is 1. The van der Waals surface area contributed by atoms with E-state index in [1.807, 2.05) is 18.3 Å². The average molecular weight is 507 g/mol. The Kier molecular flexibility index (Phi) is 7.25. The number of halogens is 1. The number of aryl methyl sites for hydroxylation is 2. The van der Waals surface area contributed by atoms with Crippen molar-refractivity contribution in [3.05, 3.63) is 70.5 Å². The molecule has 5 rings (SSSR count). The van der Waals surface area contributed by atoms with E-state index in [-0.39, 0.29) is 12.6 Å². The number of nitrogen functional groups attached to an aromatic ring is 1. The van der Waals surface area contributed by atoms with E-state index in [0.717, 1.165) is 22.6 Å². The lowest BCUT2D eigenvalue weighted by molar-refractivity contribution is -0.0567. The number of aliphatic hydroxyl groups excluding tert-OH is 1. The van der Waals surface area contributed by atoms with Crippen LogP contribution in [0.5, 0.6) is 0 Å². The number of anilines is 4. The Morgan fingerprint density at radius 1 is 1.11 bits per heavy atom. The molecule has 2 aromatic carbocycles. The maximum Gasteiger partial charge on any atom is 0.227 e. The summed E-state index contributed by atoms with van der Waals surface area (Å²) in [7, 11) is 1.80. The first-order valence-electron chi connectivity index (χ1n) is 12.6. The summed E-state index contributed by atoms with van der Waals surface area (Å²) < 4.78 is 15.5. The fraction of sp³-hybridized carbons (Fsp3) is 0.407. The number of hydrogen-bond donors (Lipinski definition) is 5. The molecule has 0 radical (unpaired) electrons. The summed E-state index contributed by atoms with van der Waals surface area (Å²) in [6, 6.07) is 11.5. The van der Waals surface area contributed by atoms with Crippen molar-refractivity contribution in [1.29, 1.82) is 0 Å². The highest BCUT2D eigenvalue weighted by atomic mass is 19.1. The molecule has 0 amide bonds. The van der Waals surface area contributed by atoms with E-state index in [9.17, 15) is 5.11 Å². The summed E-state index contributed by atoms with van der Waals surface area (Å²) in [6.45, 7) is 6.08. The quantitative estimate of drug-likeness (QED) is 0.242. The standard InChI is InChI=1S/C27H35FN8O/c1-16-8-17(2)10-20(9-16)32-27-31-12-19-13-36(15-24(19)33-27)25-6-7-35(14-21(25)28)26(37)18-4-5-22(30-3)23(11-18)34-29/h4-5,8-12,21,25-26,30,34,37H,6-7,13-15,29H2,1-3H3,(H,31,32,33). The number of aromatic nitrogens is 2. The van der Waals surface area contributed by atoms with E-state index in [2.05, 4.69) is 58.0 Å².